The Morgan fingerprint density at radius 3 is 2.41 bits per heavy atom. The molecule has 1 aliphatic rings. The average Bonchev–Trinajstić information content (AvgIpc) is 3.78. The van der Waals surface area contributed by atoms with Gasteiger partial charge in [0.15, 0.2) is 0 Å². The van der Waals surface area contributed by atoms with Crippen LogP contribution in [0.25, 0.3) is 22.2 Å². The predicted octanol–water partition coefficient (Wildman–Crippen LogP) is 6.07. The molecule has 0 aliphatic heterocycles. The summed E-state index contributed by atoms with van der Waals surface area (Å²) in [6, 6.07) is 9.03. The Labute approximate surface area is 234 Å². The van der Waals surface area contributed by atoms with Crippen molar-refractivity contribution in [2.45, 2.75) is 18.8 Å². The molecule has 2 aromatic carbocycles. The van der Waals surface area contributed by atoms with Gasteiger partial charge in [0.05, 0.1) is 41.2 Å². The van der Waals surface area contributed by atoms with Crippen molar-refractivity contribution in [2.24, 2.45) is 7.05 Å². The first-order valence-corrected chi connectivity index (χ1v) is 12.8. The number of halogens is 2. The van der Waals surface area contributed by atoms with Crippen molar-refractivity contribution < 1.29 is 14.3 Å². The second-order valence-corrected chi connectivity index (χ2v) is 9.83. The van der Waals surface area contributed by atoms with Crippen molar-refractivity contribution >= 4 is 57.5 Å². The van der Waals surface area contributed by atoms with Crippen LogP contribution in [0.2, 0.25) is 10.0 Å². The summed E-state index contributed by atoms with van der Waals surface area (Å²) in [7, 11) is 4.53. The van der Waals surface area contributed by atoms with E-state index in [1.54, 1.807) is 25.4 Å². The zero-order valence-corrected chi connectivity index (χ0v) is 23.0. The maximum Gasteiger partial charge on any atom is 0.259 e. The average molecular weight is 566 g/mol. The fraction of sp³-hybridized carbons (Fsp3) is 0.214. The SMILES string of the molecule is C=CC(=O)Nc1cc(C2CC2)ccc1Nc1ncc2cc(-c3c(Cl)c(OC)cc(OC)c3Cl)c(=O)n(C)c2n1. The maximum atomic E-state index is 13.5. The number of nitrogens with zero attached hydrogens (tertiary/aromatic N) is 3. The van der Waals surface area contributed by atoms with Gasteiger partial charge in [0, 0.05) is 30.3 Å². The van der Waals surface area contributed by atoms with Crippen LogP contribution in [0, 0.1) is 0 Å². The number of anilines is 3. The molecular formula is C28H25Cl2N5O4. The molecule has 0 unspecified atom stereocenters. The van der Waals surface area contributed by atoms with Gasteiger partial charge in [-0.3, -0.25) is 14.2 Å². The highest BCUT2D eigenvalue weighted by molar-refractivity contribution is 6.41. The van der Waals surface area contributed by atoms with E-state index < -0.39 is 0 Å². The van der Waals surface area contributed by atoms with E-state index in [4.69, 9.17) is 32.7 Å². The third-order valence-electron chi connectivity index (χ3n) is 6.57. The molecular weight excluding hydrogens is 541 g/mol. The van der Waals surface area contributed by atoms with Crippen LogP contribution in [-0.4, -0.2) is 34.7 Å². The van der Waals surface area contributed by atoms with Crippen molar-refractivity contribution in [1.29, 1.82) is 0 Å². The van der Waals surface area contributed by atoms with E-state index in [-0.39, 0.29) is 38.6 Å². The number of methoxy groups -OCH3 is 2. The summed E-state index contributed by atoms with van der Waals surface area (Å²) in [6.45, 7) is 3.53. The van der Waals surface area contributed by atoms with Crippen LogP contribution in [-0.2, 0) is 11.8 Å². The smallest absolute Gasteiger partial charge is 0.259 e. The highest BCUT2D eigenvalue weighted by Crippen LogP contribution is 2.45. The molecule has 4 aromatic rings. The Bertz CT molecular complexity index is 1670. The minimum absolute atomic E-state index is 0.183. The molecule has 9 nitrogen and oxygen atoms in total. The van der Waals surface area contributed by atoms with Crippen molar-refractivity contribution in [3.8, 4) is 22.6 Å². The van der Waals surface area contributed by atoms with Gasteiger partial charge >= 0.3 is 0 Å². The zero-order chi connectivity index (χ0) is 27.8. The lowest BCUT2D eigenvalue weighted by Gasteiger charge is -2.16. The van der Waals surface area contributed by atoms with Crippen LogP contribution in [0.1, 0.15) is 24.3 Å². The third kappa shape index (κ3) is 5.03. The Kier molecular flexibility index (Phi) is 7.20. The number of aromatic nitrogens is 3. The van der Waals surface area contributed by atoms with Gasteiger partial charge in [-0.25, -0.2) is 4.98 Å². The lowest BCUT2D eigenvalue weighted by molar-refractivity contribution is -0.111. The summed E-state index contributed by atoms with van der Waals surface area (Å²) >= 11 is 13.1. The van der Waals surface area contributed by atoms with Gasteiger partial charge in [0.25, 0.3) is 5.56 Å². The molecule has 2 N–H and O–H groups in total. The molecule has 1 saturated carbocycles. The molecule has 11 heteroatoms. The first kappa shape index (κ1) is 26.5. The number of nitrogens with one attached hydrogen (secondary N) is 2. The van der Waals surface area contributed by atoms with Gasteiger partial charge in [-0.05, 0) is 48.6 Å². The first-order valence-electron chi connectivity index (χ1n) is 12.1. The molecule has 0 radical (unpaired) electrons. The molecule has 0 bridgehead atoms. The molecule has 5 rings (SSSR count). The molecule has 1 amide bonds. The molecule has 2 aromatic heterocycles. The summed E-state index contributed by atoms with van der Waals surface area (Å²) < 4.78 is 12.1. The topological polar surface area (TPSA) is 107 Å². The minimum atomic E-state index is -0.376. The first-order chi connectivity index (χ1) is 18.7. The molecule has 0 spiro atoms. The van der Waals surface area contributed by atoms with Gasteiger partial charge in [0.1, 0.15) is 17.1 Å². The number of rotatable bonds is 8. The molecule has 0 saturated heterocycles. The number of hydrogen-bond donors (Lipinski definition) is 2. The number of ether oxygens (including phenoxy) is 2. The van der Waals surface area contributed by atoms with E-state index >= 15 is 0 Å². The summed E-state index contributed by atoms with van der Waals surface area (Å²) in [4.78, 5) is 34.6. The monoisotopic (exact) mass is 565 g/mol. The summed E-state index contributed by atoms with van der Waals surface area (Å²) in [5.74, 6) is 1.06. The highest BCUT2D eigenvalue weighted by Gasteiger charge is 2.25. The largest absolute Gasteiger partial charge is 0.495 e. The Balaban J connectivity index is 1.57. The number of amides is 1. The van der Waals surface area contributed by atoms with E-state index in [0.717, 1.165) is 18.4 Å². The maximum absolute atomic E-state index is 13.5. The Hall–Kier alpha value is -4.08. The van der Waals surface area contributed by atoms with Crippen molar-refractivity contribution in [3.05, 3.63) is 75.1 Å². The number of carbonyl (C=O) groups excluding carboxylic acids is 1. The van der Waals surface area contributed by atoms with Gasteiger partial charge in [0.2, 0.25) is 11.9 Å². The van der Waals surface area contributed by atoms with Crippen LogP contribution in [0.15, 0.2) is 54.0 Å². The number of fused-ring (bicyclic) bond motifs is 1. The van der Waals surface area contributed by atoms with Crippen molar-refractivity contribution in [1.82, 2.24) is 14.5 Å². The zero-order valence-electron chi connectivity index (χ0n) is 21.5. The number of hydrogen-bond acceptors (Lipinski definition) is 7. The fourth-order valence-corrected chi connectivity index (χ4v) is 5.06. The number of pyridine rings is 1. The van der Waals surface area contributed by atoms with Gasteiger partial charge in [-0.2, -0.15) is 4.98 Å². The summed E-state index contributed by atoms with van der Waals surface area (Å²) in [6.07, 6.45) is 5.06. The van der Waals surface area contributed by atoms with Gasteiger partial charge < -0.3 is 20.1 Å². The third-order valence-corrected chi connectivity index (χ3v) is 7.32. The van der Waals surface area contributed by atoms with Crippen LogP contribution in [0.4, 0.5) is 17.3 Å². The summed E-state index contributed by atoms with van der Waals surface area (Å²) in [5.41, 5.74) is 2.89. The molecule has 200 valence electrons. The number of aryl methyl sites for hydroxylation is 1. The molecule has 39 heavy (non-hydrogen) atoms. The quantitative estimate of drug-likeness (QED) is 0.250. The van der Waals surface area contributed by atoms with E-state index in [0.29, 0.717) is 39.8 Å². The Morgan fingerprint density at radius 1 is 1.10 bits per heavy atom. The van der Waals surface area contributed by atoms with Crippen LogP contribution < -0.4 is 25.7 Å². The second-order valence-electron chi connectivity index (χ2n) is 9.08. The molecule has 1 fully saturated rings. The van der Waals surface area contributed by atoms with Gasteiger partial charge in [-0.15, -0.1) is 0 Å². The van der Waals surface area contributed by atoms with Crippen molar-refractivity contribution in [3.63, 3.8) is 0 Å². The lowest BCUT2D eigenvalue weighted by Crippen LogP contribution is -2.20. The van der Waals surface area contributed by atoms with E-state index in [1.807, 2.05) is 18.2 Å². The Morgan fingerprint density at radius 2 is 1.79 bits per heavy atom. The van der Waals surface area contributed by atoms with Crippen LogP contribution in [0.3, 0.4) is 0 Å². The van der Waals surface area contributed by atoms with E-state index in [1.165, 1.54) is 24.9 Å². The van der Waals surface area contributed by atoms with E-state index in [2.05, 4.69) is 27.2 Å². The van der Waals surface area contributed by atoms with Crippen LogP contribution >= 0.6 is 23.2 Å². The number of benzene rings is 2. The van der Waals surface area contributed by atoms with Crippen LogP contribution in [0.5, 0.6) is 11.5 Å². The highest BCUT2D eigenvalue weighted by atomic mass is 35.5. The molecule has 1 aliphatic carbocycles. The standard InChI is InChI=1S/C28H25Cl2N5O4/c1-5-22(36)32-19-11-15(14-6-7-14)8-9-18(19)33-28-31-13-16-10-17(27(37)35(2)26(16)34-28)23-24(29)20(38-3)12-21(39-4)25(23)30/h5,8-14H,1,6-7H2,2-4H3,(H,32,36)(H,31,33,34). The fourth-order valence-electron chi connectivity index (χ4n) is 4.36. The second kappa shape index (κ2) is 10.6. The summed E-state index contributed by atoms with van der Waals surface area (Å²) in [5, 5.41) is 6.95. The lowest BCUT2D eigenvalue weighted by atomic mass is 10.0. The molecule has 0 atom stereocenters. The van der Waals surface area contributed by atoms with E-state index in [9.17, 15) is 9.59 Å². The minimum Gasteiger partial charge on any atom is -0.495 e. The normalized spacial score (nSPS) is 12.7. The predicted molar refractivity (Wildman–Crippen MR) is 154 cm³/mol. The number of carbonyl (C=O) groups is 1. The molecule has 2 heterocycles. The van der Waals surface area contributed by atoms with Crippen molar-refractivity contribution in [2.75, 3.05) is 24.9 Å². The van der Waals surface area contributed by atoms with Gasteiger partial charge in [-0.1, -0.05) is 35.8 Å².